The van der Waals surface area contributed by atoms with Crippen LogP contribution in [0, 0.1) is 4.77 Å². The van der Waals surface area contributed by atoms with Gasteiger partial charge < -0.3 is 4.90 Å². The maximum Gasteiger partial charge on any atom is 0.416 e. The fraction of sp³-hybridized carbons (Fsp3) is 0.318. The lowest BCUT2D eigenvalue weighted by Gasteiger charge is -2.35. The topological polar surface area (TPSA) is 57.2 Å². The molecule has 0 radical (unpaired) electrons. The van der Waals surface area contributed by atoms with Gasteiger partial charge in [-0.15, -0.1) is 0 Å². The van der Waals surface area contributed by atoms with E-state index < -0.39 is 11.7 Å². The normalized spacial score (nSPS) is 15.1. The third kappa shape index (κ3) is 5.63. The third-order valence-electron chi connectivity index (χ3n) is 5.57. The molecule has 2 heterocycles. The van der Waals surface area contributed by atoms with Crippen LogP contribution in [0.15, 0.2) is 48.5 Å². The van der Waals surface area contributed by atoms with Gasteiger partial charge in [-0.3, -0.25) is 19.4 Å². The van der Waals surface area contributed by atoms with Crippen LogP contribution >= 0.6 is 23.8 Å². The number of aromatic amines is 1. The van der Waals surface area contributed by atoms with Crippen molar-refractivity contribution in [2.45, 2.75) is 19.3 Å². The predicted octanol–water partition coefficient (Wildman–Crippen LogP) is 4.62. The van der Waals surface area contributed by atoms with E-state index in [-0.39, 0.29) is 12.5 Å². The molecule has 0 bridgehead atoms. The van der Waals surface area contributed by atoms with Crippen molar-refractivity contribution in [3.8, 4) is 11.4 Å². The summed E-state index contributed by atoms with van der Waals surface area (Å²) in [6, 6.07) is 12.3. The smallest absolute Gasteiger partial charge is 0.339 e. The molecule has 1 aliphatic rings. The molecule has 0 unspecified atom stereocenters. The van der Waals surface area contributed by atoms with Crippen LogP contribution in [0.3, 0.4) is 0 Å². The Morgan fingerprint density at radius 2 is 1.67 bits per heavy atom. The molecule has 33 heavy (non-hydrogen) atoms. The van der Waals surface area contributed by atoms with Crippen LogP contribution in [-0.2, 0) is 24.1 Å². The lowest BCUT2D eigenvalue weighted by molar-refractivity contribution is -0.137. The molecule has 1 aliphatic heterocycles. The standard InChI is InChI=1S/C22H21ClF3N5OS/c23-18-7-3-16(4-8-18)20-27-28-21(33)31(20)14-19(32)30-11-9-29(10-12-30)13-15-1-5-17(6-2-15)22(24,25)26/h1-8H,9-14H2,(H,28,33). The zero-order valence-corrected chi connectivity index (χ0v) is 19.1. The van der Waals surface area contributed by atoms with Crippen LogP contribution < -0.4 is 0 Å². The molecule has 4 rings (SSSR count). The highest BCUT2D eigenvalue weighted by Crippen LogP contribution is 2.29. The van der Waals surface area contributed by atoms with Gasteiger partial charge in [0.25, 0.3) is 0 Å². The molecule has 0 aliphatic carbocycles. The molecule has 11 heteroatoms. The molecule has 3 aromatic rings. The van der Waals surface area contributed by atoms with Gasteiger partial charge in [-0.1, -0.05) is 23.7 Å². The third-order valence-corrected chi connectivity index (χ3v) is 6.13. The largest absolute Gasteiger partial charge is 0.416 e. The number of hydrogen-bond acceptors (Lipinski definition) is 4. The van der Waals surface area contributed by atoms with Crippen molar-refractivity contribution in [1.29, 1.82) is 0 Å². The number of nitrogens with one attached hydrogen (secondary N) is 1. The van der Waals surface area contributed by atoms with Crippen molar-refractivity contribution in [3.05, 3.63) is 69.5 Å². The number of benzene rings is 2. The number of alkyl halides is 3. The first-order valence-corrected chi connectivity index (χ1v) is 11.1. The van der Waals surface area contributed by atoms with Crippen LogP contribution in [0.5, 0.6) is 0 Å². The summed E-state index contributed by atoms with van der Waals surface area (Å²) in [5.74, 6) is 0.489. The number of rotatable bonds is 5. The van der Waals surface area contributed by atoms with E-state index in [1.54, 1.807) is 21.6 Å². The number of nitrogens with zero attached hydrogens (tertiary/aromatic N) is 4. The van der Waals surface area contributed by atoms with Crippen molar-refractivity contribution in [2.24, 2.45) is 0 Å². The van der Waals surface area contributed by atoms with Gasteiger partial charge in [0.05, 0.1) is 5.56 Å². The Kier molecular flexibility index (Phi) is 6.87. The lowest BCUT2D eigenvalue weighted by Crippen LogP contribution is -2.49. The van der Waals surface area contributed by atoms with Crippen LogP contribution in [-0.4, -0.2) is 56.7 Å². The summed E-state index contributed by atoms with van der Waals surface area (Å²) in [5, 5.41) is 7.59. The second-order valence-corrected chi connectivity index (χ2v) is 8.62. The number of carbonyl (C=O) groups excluding carboxylic acids is 1. The van der Waals surface area contributed by atoms with E-state index in [1.165, 1.54) is 12.1 Å². The summed E-state index contributed by atoms with van der Waals surface area (Å²) in [4.78, 5) is 16.8. The molecule has 6 nitrogen and oxygen atoms in total. The summed E-state index contributed by atoms with van der Waals surface area (Å²) in [7, 11) is 0. The van der Waals surface area contributed by atoms with E-state index in [0.717, 1.165) is 23.3 Å². The summed E-state index contributed by atoms with van der Waals surface area (Å²) in [5.41, 5.74) is 0.943. The summed E-state index contributed by atoms with van der Waals surface area (Å²) in [6.07, 6.45) is -4.34. The second kappa shape index (κ2) is 9.66. The van der Waals surface area contributed by atoms with E-state index >= 15 is 0 Å². The summed E-state index contributed by atoms with van der Waals surface area (Å²) >= 11 is 11.3. The predicted molar refractivity (Wildman–Crippen MR) is 121 cm³/mol. The summed E-state index contributed by atoms with van der Waals surface area (Å²) in [6.45, 7) is 2.92. The minimum absolute atomic E-state index is 0.0617. The van der Waals surface area contributed by atoms with Crippen molar-refractivity contribution >= 4 is 29.7 Å². The molecular weight excluding hydrogens is 475 g/mol. The van der Waals surface area contributed by atoms with E-state index in [0.29, 0.717) is 48.3 Å². The monoisotopic (exact) mass is 495 g/mol. The van der Waals surface area contributed by atoms with Gasteiger partial charge in [-0.2, -0.15) is 18.3 Å². The molecule has 1 fully saturated rings. The number of carbonyl (C=O) groups is 1. The van der Waals surface area contributed by atoms with Crippen molar-refractivity contribution in [2.75, 3.05) is 26.2 Å². The maximum absolute atomic E-state index is 12.9. The molecule has 1 saturated heterocycles. The minimum Gasteiger partial charge on any atom is -0.339 e. The average Bonchev–Trinajstić information content (AvgIpc) is 3.14. The Labute approximate surface area is 198 Å². The van der Waals surface area contributed by atoms with Crippen molar-refractivity contribution < 1.29 is 18.0 Å². The van der Waals surface area contributed by atoms with Crippen molar-refractivity contribution in [3.63, 3.8) is 0 Å². The van der Waals surface area contributed by atoms with Crippen LogP contribution in [0.25, 0.3) is 11.4 Å². The van der Waals surface area contributed by atoms with Crippen LogP contribution in [0.4, 0.5) is 13.2 Å². The molecule has 1 N–H and O–H groups in total. The van der Waals surface area contributed by atoms with Gasteiger partial charge >= 0.3 is 6.18 Å². The number of piperazine rings is 1. The highest BCUT2D eigenvalue weighted by molar-refractivity contribution is 7.71. The number of amides is 1. The van der Waals surface area contributed by atoms with Gasteiger partial charge in [0, 0.05) is 43.3 Å². The second-order valence-electron chi connectivity index (χ2n) is 7.80. The first kappa shape index (κ1) is 23.5. The molecule has 174 valence electrons. The molecule has 0 saturated carbocycles. The molecule has 2 aromatic carbocycles. The highest BCUT2D eigenvalue weighted by atomic mass is 35.5. The van der Waals surface area contributed by atoms with Crippen LogP contribution in [0.2, 0.25) is 5.02 Å². The van der Waals surface area contributed by atoms with E-state index in [1.807, 2.05) is 12.1 Å². The molecule has 0 spiro atoms. The quantitative estimate of drug-likeness (QED) is 0.525. The molecule has 1 amide bonds. The molecular formula is C22H21ClF3N5OS. The minimum atomic E-state index is -4.34. The molecule has 1 aromatic heterocycles. The zero-order chi connectivity index (χ0) is 23.6. The summed E-state index contributed by atoms with van der Waals surface area (Å²) < 4.78 is 40.2. The van der Waals surface area contributed by atoms with Gasteiger partial charge in [-0.05, 0) is 54.2 Å². The van der Waals surface area contributed by atoms with Gasteiger partial charge in [0.15, 0.2) is 10.6 Å². The van der Waals surface area contributed by atoms with Crippen molar-refractivity contribution in [1.82, 2.24) is 24.6 Å². The maximum atomic E-state index is 12.9. The Bertz CT molecular complexity index is 1170. The first-order valence-electron chi connectivity index (χ1n) is 10.3. The average molecular weight is 496 g/mol. The van der Waals surface area contributed by atoms with Gasteiger partial charge in [0.2, 0.25) is 5.91 Å². The van der Waals surface area contributed by atoms with E-state index in [2.05, 4.69) is 15.1 Å². The fourth-order valence-electron chi connectivity index (χ4n) is 3.73. The van der Waals surface area contributed by atoms with Crippen LogP contribution in [0.1, 0.15) is 11.1 Å². The van der Waals surface area contributed by atoms with E-state index in [9.17, 15) is 18.0 Å². The Morgan fingerprint density at radius 3 is 2.27 bits per heavy atom. The fourth-order valence-corrected chi connectivity index (χ4v) is 4.05. The number of aromatic nitrogens is 3. The number of H-pyrrole nitrogens is 1. The van der Waals surface area contributed by atoms with Gasteiger partial charge in [0.1, 0.15) is 6.54 Å². The Balaban J connectivity index is 1.34. The SMILES string of the molecule is O=C(Cn1c(-c2ccc(Cl)cc2)n[nH]c1=S)N1CCN(Cc2ccc(C(F)(F)F)cc2)CC1. The Hall–Kier alpha value is -2.69. The van der Waals surface area contributed by atoms with Gasteiger partial charge in [-0.25, -0.2) is 0 Å². The zero-order valence-electron chi connectivity index (χ0n) is 17.5. The highest BCUT2D eigenvalue weighted by Gasteiger charge is 2.30. The Morgan fingerprint density at radius 1 is 1.03 bits per heavy atom. The first-order chi connectivity index (χ1) is 15.7. The lowest BCUT2D eigenvalue weighted by atomic mass is 10.1. The number of hydrogen-bond donors (Lipinski definition) is 1. The molecule has 0 atom stereocenters. The van der Waals surface area contributed by atoms with E-state index in [4.69, 9.17) is 23.8 Å². The number of halogens is 4.